The molecule has 0 bridgehead atoms. The number of hydrogen-bond donors (Lipinski definition) is 4. The van der Waals surface area contributed by atoms with E-state index < -0.39 is 5.54 Å². The van der Waals surface area contributed by atoms with Crippen LogP contribution in [0.2, 0.25) is 0 Å². The molecule has 3 atom stereocenters. The van der Waals surface area contributed by atoms with Gasteiger partial charge in [0.15, 0.2) is 0 Å². The quantitative estimate of drug-likeness (QED) is 0.563. The molecule has 0 saturated carbocycles. The fourth-order valence-corrected chi connectivity index (χ4v) is 2.95. The lowest BCUT2D eigenvalue weighted by molar-refractivity contribution is -0.125. The van der Waals surface area contributed by atoms with Crippen LogP contribution in [0.25, 0.3) is 0 Å². The Balaban J connectivity index is 3.16. The number of nitrogens with one attached hydrogen (secondary N) is 2. The van der Waals surface area contributed by atoms with Gasteiger partial charge in [-0.25, -0.2) is 0 Å². The first-order chi connectivity index (χ1) is 9.01. The highest BCUT2D eigenvalue weighted by Crippen LogP contribution is 2.31. The molecule has 2 unspecified atom stereocenters. The zero-order chi connectivity index (χ0) is 14.5. The van der Waals surface area contributed by atoms with Crippen LogP contribution in [0.3, 0.4) is 0 Å². The fourth-order valence-electron chi connectivity index (χ4n) is 2.37. The van der Waals surface area contributed by atoms with Crippen molar-refractivity contribution in [2.24, 2.45) is 11.7 Å². The summed E-state index contributed by atoms with van der Waals surface area (Å²) < 4.78 is 0. The summed E-state index contributed by atoms with van der Waals surface area (Å²) >= 11 is 4.41. The number of rotatable bonds is 7. The van der Waals surface area contributed by atoms with E-state index >= 15 is 0 Å². The molecule has 0 aliphatic heterocycles. The minimum absolute atomic E-state index is 0.00338. The van der Waals surface area contributed by atoms with Gasteiger partial charge in [0.1, 0.15) is 0 Å². The first-order valence-corrected chi connectivity index (χ1v) is 6.96. The minimum Gasteiger partial charge on any atom is -0.368 e. The molecule has 19 heavy (non-hydrogen) atoms. The van der Waals surface area contributed by atoms with Crippen LogP contribution in [0, 0.1) is 5.92 Å². The molecule has 1 aromatic rings. The lowest BCUT2D eigenvalue weighted by Gasteiger charge is -2.39. The van der Waals surface area contributed by atoms with Crippen LogP contribution in [-0.4, -0.2) is 31.3 Å². The molecule has 0 heterocycles. The number of amides is 1. The fraction of sp³-hybridized carbons (Fsp3) is 0.500. The smallest absolute Gasteiger partial charge is 0.237 e. The highest BCUT2D eigenvalue weighted by Gasteiger charge is 2.42. The highest BCUT2D eigenvalue weighted by molar-refractivity contribution is 7.80. The Morgan fingerprint density at radius 3 is 2.32 bits per heavy atom. The number of carbonyl (C=O) groups excluding carboxylic acids is 1. The summed E-state index contributed by atoms with van der Waals surface area (Å²) in [6, 6.07) is 10.0. The first-order valence-electron chi connectivity index (χ1n) is 6.33. The zero-order valence-corrected chi connectivity index (χ0v) is 12.6. The van der Waals surface area contributed by atoms with Crippen LogP contribution in [0.15, 0.2) is 30.3 Å². The zero-order valence-electron chi connectivity index (χ0n) is 11.7. The third kappa shape index (κ3) is 3.29. The maximum absolute atomic E-state index is 11.8. The molecule has 106 valence electrons. The van der Waals surface area contributed by atoms with Crippen molar-refractivity contribution in [2.45, 2.75) is 18.5 Å². The number of likely N-dealkylation sites (N-methyl/N-ethyl adjacent to an activating group) is 1. The predicted molar refractivity (Wildman–Crippen MR) is 82.2 cm³/mol. The van der Waals surface area contributed by atoms with Crippen molar-refractivity contribution < 1.29 is 4.79 Å². The van der Waals surface area contributed by atoms with E-state index in [2.05, 4.69) is 23.3 Å². The molecule has 0 aliphatic rings. The monoisotopic (exact) mass is 281 g/mol. The number of hydrogen-bond acceptors (Lipinski definition) is 4. The summed E-state index contributed by atoms with van der Waals surface area (Å²) in [6.07, 6.45) is 0. The molecule has 0 saturated heterocycles. The van der Waals surface area contributed by atoms with Crippen molar-refractivity contribution in [1.29, 1.82) is 0 Å². The number of nitrogens with two attached hydrogens (primary N) is 1. The number of primary amides is 1. The summed E-state index contributed by atoms with van der Waals surface area (Å²) in [6.45, 7) is 1.82. The second kappa shape index (κ2) is 6.93. The number of thiol groups is 1. The summed E-state index contributed by atoms with van der Waals surface area (Å²) in [5.74, 6) is 0.108. The molecule has 0 aromatic heterocycles. The Morgan fingerprint density at radius 1 is 1.37 bits per heavy atom. The van der Waals surface area contributed by atoms with Crippen molar-refractivity contribution in [3.05, 3.63) is 35.9 Å². The first kappa shape index (κ1) is 16.0. The van der Waals surface area contributed by atoms with Crippen LogP contribution >= 0.6 is 12.6 Å². The van der Waals surface area contributed by atoms with Crippen LogP contribution < -0.4 is 16.4 Å². The number of carbonyl (C=O) groups is 1. The van der Waals surface area contributed by atoms with Gasteiger partial charge in [0.2, 0.25) is 5.91 Å². The van der Waals surface area contributed by atoms with Crippen LogP contribution in [0.1, 0.15) is 18.5 Å². The van der Waals surface area contributed by atoms with Gasteiger partial charge in [-0.15, -0.1) is 0 Å². The molecule has 4 nitrogen and oxygen atoms in total. The van der Waals surface area contributed by atoms with E-state index in [9.17, 15) is 4.79 Å². The molecule has 5 heteroatoms. The van der Waals surface area contributed by atoms with Gasteiger partial charge < -0.3 is 16.4 Å². The predicted octanol–water partition coefficient (Wildman–Crippen LogP) is 0.956. The van der Waals surface area contributed by atoms with Gasteiger partial charge in [0.25, 0.3) is 0 Å². The van der Waals surface area contributed by atoms with E-state index in [0.29, 0.717) is 5.75 Å². The largest absolute Gasteiger partial charge is 0.368 e. The average molecular weight is 281 g/mol. The van der Waals surface area contributed by atoms with Crippen molar-refractivity contribution in [3.8, 4) is 0 Å². The molecule has 0 fully saturated rings. The van der Waals surface area contributed by atoms with Crippen LogP contribution in [0.4, 0.5) is 0 Å². The molecule has 4 N–H and O–H groups in total. The van der Waals surface area contributed by atoms with Gasteiger partial charge in [-0.2, -0.15) is 12.6 Å². The summed E-state index contributed by atoms with van der Waals surface area (Å²) in [7, 11) is 3.63. The second-order valence-corrected chi connectivity index (χ2v) is 5.15. The van der Waals surface area contributed by atoms with E-state index in [-0.39, 0.29) is 17.9 Å². The molecule has 1 rings (SSSR count). The van der Waals surface area contributed by atoms with Gasteiger partial charge in [-0.1, -0.05) is 30.3 Å². The second-order valence-electron chi connectivity index (χ2n) is 4.78. The lowest BCUT2D eigenvalue weighted by Crippen LogP contribution is -2.60. The van der Waals surface area contributed by atoms with E-state index in [1.165, 1.54) is 0 Å². The van der Waals surface area contributed by atoms with E-state index in [4.69, 9.17) is 5.73 Å². The van der Waals surface area contributed by atoms with Gasteiger partial charge in [0, 0.05) is 12.0 Å². The molecule has 0 radical (unpaired) electrons. The molecule has 0 aliphatic carbocycles. The third-order valence-electron chi connectivity index (χ3n) is 3.84. The Bertz CT molecular complexity index is 412. The lowest BCUT2D eigenvalue weighted by atomic mass is 9.78. The summed E-state index contributed by atoms with van der Waals surface area (Å²) in [5.41, 5.74) is 5.87. The SMILES string of the molecule is CN[C@@H](c1ccccc1)C(CS)C(C)(NC)C(N)=O. The standard InChI is InChI=1S/C14H23N3OS/c1-14(17-3,13(15)18)11(9-19)12(16-2)10-7-5-4-6-8-10/h4-8,11-12,16-17,19H,9H2,1-3H3,(H2,15,18)/t11?,12-,14?/m0/s1. The normalized spacial score (nSPS) is 17.5. The van der Waals surface area contributed by atoms with Gasteiger partial charge >= 0.3 is 0 Å². The van der Waals surface area contributed by atoms with E-state index in [0.717, 1.165) is 5.56 Å². The summed E-state index contributed by atoms with van der Waals surface area (Å²) in [5, 5.41) is 6.32. The summed E-state index contributed by atoms with van der Waals surface area (Å²) in [4.78, 5) is 11.8. The maximum atomic E-state index is 11.8. The highest BCUT2D eigenvalue weighted by atomic mass is 32.1. The number of benzene rings is 1. The molecular formula is C14H23N3OS. The Labute approximate surface area is 120 Å². The van der Waals surface area contributed by atoms with Crippen molar-refractivity contribution in [2.75, 3.05) is 19.8 Å². The van der Waals surface area contributed by atoms with E-state index in [1.807, 2.05) is 44.3 Å². The van der Waals surface area contributed by atoms with E-state index in [1.54, 1.807) is 7.05 Å². The van der Waals surface area contributed by atoms with Crippen LogP contribution in [0.5, 0.6) is 0 Å². The maximum Gasteiger partial charge on any atom is 0.237 e. The average Bonchev–Trinajstić information content (AvgIpc) is 2.44. The Hall–Kier alpha value is -1.04. The molecule has 1 aromatic carbocycles. The van der Waals surface area contributed by atoms with Crippen molar-refractivity contribution >= 4 is 18.5 Å². The molecule has 0 spiro atoms. The van der Waals surface area contributed by atoms with Crippen LogP contribution in [-0.2, 0) is 4.79 Å². The molecular weight excluding hydrogens is 258 g/mol. The third-order valence-corrected chi connectivity index (χ3v) is 4.23. The van der Waals surface area contributed by atoms with Gasteiger partial charge in [0.05, 0.1) is 5.54 Å². The van der Waals surface area contributed by atoms with Gasteiger partial charge in [-0.05, 0) is 32.3 Å². The van der Waals surface area contributed by atoms with Crippen molar-refractivity contribution in [3.63, 3.8) is 0 Å². The topological polar surface area (TPSA) is 67.2 Å². The van der Waals surface area contributed by atoms with Crippen molar-refractivity contribution in [1.82, 2.24) is 10.6 Å². The Kier molecular flexibility index (Phi) is 5.85. The molecule has 1 amide bonds. The Morgan fingerprint density at radius 2 is 1.95 bits per heavy atom. The van der Waals surface area contributed by atoms with Gasteiger partial charge in [-0.3, -0.25) is 4.79 Å². The minimum atomic E-state index is -0.814.